The van der Waals surface area contributed by atoms with Gasteiger partial charge in [0.05, 0.1) is 32.2 Å². The van der Waals surface area contributed by atoms with E-state index in [-0.39, 0.29) is 38.5 Å². The largest absolute Gasteiger partial charge is 0.324 e. The molecule has 2 atom stereocenters. The van der Waals surface area contributed by atoms with Gasteiger partial charge in [-0.05, 0) is 42.7 Å². The first kappa shape index (κ1) is 24.9. The van der Waals surface area contributed by atoms with Gasteiger partial charge in [-0.3, -0.25) is 9.59 Å². The summed E-state index contributed by atoms with van der Waals surface area (Å²) in [6, 6.07) is 7.03. The summed E-state index contributed by atoms with van der Waals surface area (Å²) in [4.78, 5) is 25.4. The Morgan fingerprint density at radius 1 is 1.03 bits per heavy atom. The fourth-order valence-electron chi connectivity index (χ4n) is 3.39. The van der Waals surface area contributed by atoms with Crippen LogP contribution >= 0.6 is 69.6 Å². The van der Waals surface area contributed by atoms with Crippen LogP contribution in [-0.4, -0.2) is 21.9 Å². The molecular formula is C21H16Cl6FNO2. The van der Waals surface area contributed by atoms with Crippen LogP contribution in [0.1, 0.15) is 41.1 Å². The zero-order valence-electron chi connectivity index (χ0n) is 15.8. The van der Waals surface area contributed by atoms with Gasteiger partial charge in [0.1, 0.15) is 10.2 Å². The van der Waals surface area contributed by atoms with Crippen molar-refractivity contribution in [3.8, 4) is 0 Å². The Bertz CT molecular complexity index is 1030. The first-order chi connectivity index (χ1) is 14.6. The molecule has 1 N–H and O–H groups in total. The molecular weight excluding hydrogens is 530 g/mol. The molecule has 2 aromatic rings. The molecule has 1 saturated carbocycles. The minimum Gasteiger partial charge on any atom is -0.324 e. The van der Waals surface area contributed by atoms with Gasteiger partial charge in [-0.25, -0.2) is 4.39 Å². The van der Waals surface area contributed by atoms with Crippen molar-refractivity contribution in [2.45, 2.75) is 29.5 Å². The molecule has 2 aromatic carbocycles. The average molecular weight is 546 g/mol. The molecule has 1 aliphatic carbocycles. The number of Topliss-reactive ketones (excluding diaryl/α,β-unsaturated/α-hetero) is 1. The first-order valence-electron chi connectivity index (χ1n) is 9.30. The molecule has 2 unspecified atom stereocenters. The predicted octanol–water partition coefficient (Wildman–Crippen LogP) is 7.90. The van der Waals surface area contributed by atoms with Gasteiger partial charge in [-0.15, -0.1) is 34.8 Å². The summed E-state index contributed by atoms with van der Waals surface area (Å²) in [5.41, 5.74) is 0.883. The molecule has 31 heavy (non-hydrogen) atoms. The number of anilines is 1. The van der Waals surface area contributed by atoms with Gasteiger partial charge < -0.3 is 5.32 Å². The van der Waals surface area contributed by atoms with E-state index in [0.29, 0.717) is 24.3 Å². The van der Waals surface area contributed by atoms with E-state index in [9.17, 15) is 14.0 Å². The van der Waals surface area contributed by atoms with Crippen LogP contribution in [0.4, 0.5) is 10.1 Å². The Hall–Kier alpha value is -0.750. The quantitative estimate of drug-likeness (QED) is 0.208. The molecule has 10 heteroatoms. The fourth-order valence-corrected chi connectivity index (χ4v) is 5.23. The third-order valence-electron chi connectivity index (χ3n) is 5.05. The molecule has 3 nitrogen and oxygen atoms in total. The molecule has 0 bridgehead atoms. The highest BCUT2D eigenvalue weighted by atomic mass is 35.5. The lowest BCUT2D eigenvalue weighted by Gasteiger charge is -2.12. The summed E-state index contributed by atoms with van der Waals surface area (Å²) >= 11 is 36.7. The normalized spacial score (nSPS) is 19.2. The van der Waals surface area contributed by atoms with Crippen molar-refractivity contribution in [1.82, 2.24) is 0 Å². The second-order valence-corrected chi connectivity index (χ2v) is 10.2. The number of rotatable bonds is 8. The number of nitrogens with one attached hydrogen (secondary N) is 1. The summed E-state index contributed by atoms with van der Waals surface area (Å²) in [6.45, 7) is 0. The predicted molar refractivity (Wildman–Crippen MR) is 126 cm³/mol. The third kappa shape index (κ3) is 5.26. The van der Waals surface area contributed by atoms with E-state index >= 15 is 0 Å². The Kier molecular flexibility index (Phi) is 8.05. The molecule has 0 aliphatic heterocycles. The number of carbonyl (C=O) groups is 2. The zero-order valence-corrected chi connectivity index (χ0v) is 20.4. The number of amides is 1. The van der Waals surface area contributed by atoms with Gasteiger partial charge in [0.25, 0.3) is 0 Å². The summed E-state index contributed by atoms with van der Waals surface area (Å²) in [7, 11) is 0. The van der Waals surface area contributed by atoms with Crippen molar-refractivity contribution >= 4 is 87.0 Å². The summed E-state index contributed by atoms with van der Waals surface area (Å²) in [5.74, 6) is -2.29. The van der Waals surface area contributed by atoms with Crippen LogP contribution in [0, 0.1) is 11.7 Å². The topological polar surface area (TPSA) is 46.2 Å². The Morgan fingerprint density at radius 2 is 1.74 bits per heavy atom. The van der Waals surface area contributed by atoms with Crippen LogP contribution in [0.25, 0.3) is 0 Å². The van der Waals surface area contributed by atoms with Crippen molar-refractivity contribution in [3.05, 3.63) is 62.3 Å². The van der Waals surface area contributed by atoms with Crippen LogP contribution in [0.15, 0.2) is 30.3 Å². The molecule has 0 heterocycles. The van der Waals surface area contributed by atoms with Crippen molar-refractivity contribution < 1.29 is 14.0 Å². The number of hydrogen-bond acceptors (Lipinski definition) is 2. The lowest BCUT2D eigenvalue weighted by atomic mass is 10.0. The zero-order chi connectivity index (χ0) is 22.9. The van der Waals surface area contributed by atoms with E-state index < -0.39 is 27.9 Å². The lowest BCUT2D eigenvalue weighted by Crippen LogP contribution is -2.18. The van der Waals surface area contributed by atoms with Gasteiger partial charge >= 0.3 is 0 Å². The molecule has 1 aliphatic rings. The molecule has 1 amide bonds. The van der Waals surface area contributed by atoms with Crippen molar-refractivity contribution in [1.29, 1.82) is 0 Å². The third-order valence-corrected chi connectivity index (χ3v) is 7.26. The highest BCUT2D eigenvalue weighted by Gasteiger charge is 2.67. The number of ketones is 1. The molecule has 0 radical (unpaired) electrons. The highest BCUT2D eigenvalue weighted by molar-refractivity contribution is 6.53. The number of alkyl halides is 3. The van der Waals surface area contributed by atoms with Crippen LogP contribution < -0.4 is 5.32 Å². The van der Waals surface area contributed by atoms with Gasteiger partial charge in [-0.2, -0.15) is 0 Å². The number of halogens is 7. The smallest absolute Gasteiger partial charge is 0.231 e. The van der Waals surface area contributed by atoms with Gasteiger partial charge in [-0.1, -0.05) is 40.9 Å². The van der Waals surface area contributed by atoms with Crippen molar-refractivity contribution in [2.24, 2.45) is 5.92 Å². The Morgan fingerprint density at radius 3 is 2.39 bits per heavy atom. The van der Waals surface area contributed by atoms with E-state index in [1.807, 2.05) is 0 Å². The highest BCUT2D eigenvalue weighted by Crippen LogP contribution is 2.65. The maximum Gasteiger partial charge on any atom is 0.231 e. The maximum atomic E-state index is 13.5. The van der Waals surface area contributed by atoms with Crippen LogP contribution in [-0.2, 0) is 4.79 Å². The molecule has 1 fully saturated rings. The van der Waals surface area contributed by atoms with Crippen LogP contribution in [0.5, 0.6) is 0 Å². The summed E-state index contributed by atoms with van der Waals surface area (Å²) < 4.78 is 12.1. The molecule has 0 aromatic heterocycles. The number of unbranched alkanes of at least 4 members (excludes halogenated alkanes) is 1. The van der Waals surface area contributed by atoms with E-state index in [1.165, 1.54) is 30.3 Å². The number of benzene rings is 2. The van der Waals surface area contributed by atoms with Gasteiger partial charge in [0.2, 0.25) is 5.91 Å². The molecule has 0 spiro atoms. The fraction of sp³-hybridized carbons (Fsp3) is 0.333. The van der Waals surface area contributed by atoms with Crippen LogP contribution in [0.3, 0.4) is 0 Å². The minimum atomic E-state index is -1.40. The number of hydrogen-bond donors (Lipinski definition) is 1. The van der Waals surface area contributed by atoms with E-state index in [2.05, 4.69) is 5.32 Å². The molecule has 166 valence electrons. The van der Waals surface area contributed by atoms with E-state index in [1.54, 1.807) is 0 Å². The van der Waals surface area contributed by atoms with Gasteiger partial charge in [0.15, 0.2) is 5.78 Å². The first-order valence-corrected chi connectivity index (χ1v) is 11.7. The Balaban J connectivity index is 1.79. The minimum absolute atomic E-state index is 0.0356. The number of carbonyl (C=O) groups excluding carboxylic acids is 2. The van der Waals surface area contributed by atoms with E-state index in [0.717, 1.165) is 0 Å². The SMILES string of the molecule is O=C(CCCCCl)c1c(Cl)ccc(NC(=O)C2C(c3ccc(F)c(Cl)c3)C2(Cl)Cl)c1Cl. The summed E-state index contributed by atoms with van der Waals surface area (Å²) in [5, 5.41) is 2.80. The molecule has 3 rings (SSSR count). The second kappa shape index (κ2) is 10.0. The Labute approximate surface area is 209 Å². The van der Waals surface area contributed by atoms with Crippen molar-refractivity contribution in [3.63, 3.8) is 0 Å². The second-order valence-electron chi connectivity index (χ2n) is 7.15. The maximum absolute atomic E-state index is 13.5. The molecule has 0 saturated heterocycles. The monoisotopic (exact) mass is 543 g/mol. The van der Waals surface area contributed by atoms with Gasteiger partial charge in [0, 0.05) is 18.2 Å². The van der Waals surface area contributed by atoms with E-state index in [4.69, 9.17) is 69.6 Å². The van der Waals surface area contributed by atoms with Crippen LogP contribution in [0.2, 0.25) is 15.1 Å². The standard InChI is InChI=1S/C21H16Cl6FNO2/c22-8-2-1-3-15(30)16-11(23)5-7-14(19(16)25)29-20(31)18-17(21(18,26)27)10-4-6-13(28)12(24)9-10/h4-7,9,17-18H,1-3,8H2,(H,29,31). The van der Waals surface area contributed by atoms with Crippen molar-refractivity contribution in [2.75, 3.05) is 11.2 Å². The average Bonchev–Trinajstić information content (AvgIpc) is 3.28. The lowest BCUT2D eigenvalue weighted by molar-refractivity contribution is -0.117. The summed E-state index contributed by atoms with van der Waals surface area (Å²) in [6.07, 6.45) is 1.51.